The molecule has 0 radical (unpaired) electrons. The van der Waals surface area contributed by atoms with Gasteiger partial charge in [0.05, 0.1) is 53.1 Å². The number of imidazole rings is 1. The van der Waals surface area contributed by atoms with Crippen molar-refractivity contribution < 1.29 is 34.4 Å². The topological polar surface area (TPSA) is 134 Å². The average molecular weight is 517 g/mol. The zero-order chi connectivity index (χ0) is 27.1. The maximum Gasteiger partial charge on any atom is 0.309 e. The summed E-state index contributed by atoms with van der Waals surface area (Å²) in [6, 6.07) is 5.52. The SMILES string of the molecule is CC1CCC[C@@]2(C)O[C@H]2C[C@@H](c2ccc3c(c2)ncn3CO)OC(=O)CC(O)C(C)(C)C(=O)C(C)[C@H]1O. The molecule has 204 valence electrons. The van der Waals surface area contributed by atoms with Crippen molar-refractivity contribution in [2.24, 2.45) is 17.3 Å². The first-order valence-corrected chi connectivity index (χ1v) is 13.2. The Hall–Kier alpha value is -2.33. The van der Waals surface area contributed by atoms with E-state index in [9.17, 15) is 24.9 Å². The van der Waals surface area contributed by atoms with E-state index in [4.69, 9.17) is 9.47 Å². The number of cyclic esters (lactones) is 1. The second kappa shape index (κ2) is 10.4. The highest BCUT2D eigenvalue weighted by Gasteiger charge is 2.53. The van der Waals surface area contributed by atoms with Gasteiger partial charge in [-0.25, -0.2) is 4.98 Å². The molecule has 9 nitrogen and oxygen atoms in total. The van der Waals surface area contributed by atoms with Gasteiger partial charge in [0.15, 0.2) is 0 Å². The molecule has 37 heavy (non-hydrogen) atoms. The van der Waals surface area contributed by atoms with Crippen LogP contribution in [0.5, 0.6) is 0 Å². The van der Waals surface area contributed by atoms with Crippen LogP contribution in [0.3, 0.4) is 0 Å². The van der Waals surface area contributed by atoms with Crippen molar-refractivity contribution in [1.82, 2.24) is 9.55 Å². The second-order valence-corrected chi connectivity index (χ2v) is 11.7. The van der Waals surface area contributed by atoms with Crippen LogP contribution in [0.15, 0.2) is 24.5 Å². The minimum atomic E-state index is -1.27. The van der Waals surface area contributed by atoms with Gasteiger partial charge in [-0.2, -0.15) is 0 Å². The summed E-state index contributed by atoms with van der Waals surface area (Å²) in [7, 11) is 0. The molecule has 9 heteroatoms. The molecule has 2 aliphatic rings. The lowest BCUT2D eigenvalue weighted by Crippen LogP contribution is -2.45. The molecule has 0 spiro atoms. The van der Waals surface area contributed by atoms with Crippen LogP contribution < -0.4 is 0 Å². The smallest absolute Gasteiger partial charge is 0.309 e. The van der Waals surface area contributed by atoms with Gasteiger partial charge in [0.1, 0.15) is 18.6 Å². The Morgan fingerprint density at radius 3 is 2.59 bits per heavy atom. The molecule has 1 aromatic heterocycles. The Kier molecular flexibility index (Phi) is 7.82. The number of benzene rings is 1. The van der Waals surface area contributed by atoms with E-state index in [1.54, 1.807) is 31.7 Å². The number of carbonyl (C=O) groups is 2. The van der Waals surface area contributed by atoms with Crippen molar-refractivity contribution in [3.63, 3.8) is 0 Å². The number of carbonyl (C=O) groups excluding carboxylic acids is 2. The Morgan fingerprint density at radius 1 is 1.16 bits per heavy atom. The second-order valence-electron chi connectivity index (χ2n) is 11.7. The molecule has 2 aliphatic heterocycles. The summed E-state index contributed by atoms with van der Waals surface area (Å²) >= 11 is 0. The van der Waals surface area contributed by atoms with Crippen molar-refractivity contribution in [2.75, 3.05) is 0 Å². The van der Waals surface area contributed by atoms with Crippen LogP contribution in [0, 0.1) is 17.3 Å². The lowest BCUT2D eigenvalue weighted by Gasteiger charge is -2.34. The van der Waals surface area contributed by atoms with Crippen LogP contribution in [0.1, 0.15) is 78.4 Å². The van der Waals surface area contributed by atoms with Gasteiger partial charge in [-0.3, -0.25) is 9.59 Å². The number of rotatable bonds is 2. The maximum absolute atomic E-state index is 13.3. The summed E-state index contributed by atoms with van der Waals surface area (Å²) in [5.74, 6) is -1.67. The van der Waals surface area contributed by atoms with Gasteiger partial charge >= 0.3 is 5.97 Å². The van der Waals surface area contributed by atoms with Crippen LogP contribution >= 0.6 is 0 Å². The van der Waals surface area contributed by atoms with Crippen molar-refractivity contribution >= 4 is 22.8 Å². The quantitative estimate of drug-likeness (QED) is 0.409. The fraction of sp³-hybridized carbons (Fsp3) is 0.679. The molecule has 0 aliphatic carbocycles. The number of nitrogens with zero attached hydrogens (tertiary/aromatic N) is 2. The standard InChI is InChI=1S/C28H40N2O7/c1-16-7-6-10-28(5)23(37-28)12-21(18-8-9-20-19(11-18)29-14-30(20)15-31)36-24(33)13-22(32)27(3,4)26(35)17(2)25(16)34/h8-9,11,14,16-17,21-23,25,31-32,34H,6-7,10,12-13,15H2,1-5H3/t16?,17?,21-,22?,23-,25-,28+/m0/s1. The van der Waals surface area contributed by atoms with Crippen LogP contribution in [0.25, 0.3) is 11.0 Å². The van der Waals surface area contributed by atoms with E-state index in [1.165, 1.54) is 0 Å². The number of hydrogen-bond donors (Lipinski definition) is 3. The molecule has 4 rings (SSSR count). The van der Waals surface area contributed by atoms with Gasteiger partial charge < -0.3 is 29.4 Å². The van der Waals surface area contributed by atoms with Gasteiger partial charge in [-0.05, 0) is 43.4 Å². The first-order chi connectivity index (χ1) is 17.4. The summed E-state index contributed by atoms with van der Waals surface area (Å²) in [6.45, 7) is 8.70. The first kappa shape index (κ1) is 27.7. The van der Waals surface area contributed by atoms with Crippen LogP contribution in [0.4, 0.5) is 0 Å². The number of aromatic nitrogens is 2. The summed E-state index contributed by atoms with van der Waals surface area (Å²) in [6.07, 6.45) is 1.18. The Morgan fingerprint density at radius 2 is 1.89 bits per heavy atom. The molecule has 7 atom stereocenters. The zero-order valence-corrected chi connectivity index (χ0v) is 22.4. The van der Waals surface area contributed by atoms with Gasteiger partial charge in [0.2, 0.25) is 0 Å². The van der Waals surface area contributed by atoms with E-state index in [2.05, 4.69) is 4.98 Å². The van der Waals surface area contributed by atoms with Gasteiger partial charge in [-0.1, -0.05) is 40.2 Å². The monoisotopic (exact) mass is 516 g/mol. The number of ether oxygens (including phenoxy) is 2. The summed E-state index contributed by atoms with van der Waals surface area (Å²) in [4.78, 5) is 30.6. The molecule has 2 fully saturated rings. The largest absolute Gasteiger partial charge is 0.457 e. The summed E-state index contributed by atoms with van der Waals surface area (Å²) in [5, 5.41) is 31.3. The van der Waals surface area contributed by atoms with Crippen molar-refractivity contribution in [3.05, 3.63) is 30.1 Å². The average Bonchev–Trinajstić information content (AvgIpc) is 3.30. The summed E-state index contributed by atoms with van der Waals surface area (Å²) in [5.41, 5.74) is 0.595. The molecule has 3 heterocycles. The molecular formula is C28H40N2O7. The Balaban J connectivity index is 1.62. The molecule has 0 saturated carbocycles. The van der Waals surface area contributed by atoms with Crippen LogP contribution in [-0.4, -0.2) is 60.5 Å². The summed E-state index contributed by atoms with van der Waals surface area (Å²) < 4.78 is 13.6. The molecule has 2 aromatic rings. The Labute approximate surface area is 217 Å². The van der Waals surface area contributed by atoms with E-state index < -0.39 is 35.6 Å². The van der Waals surface area contributed by atoms with E-state index in [0.717, 1.165) is 30.3 Å². The van der Waals surface area contributed by atoms with Gasteiger partial charge in [0, 0.05) is 12.3 Å². The van der Waals surface area contributed by atoms with E-state index in [-0.39, 0.29) is 36.6 Å². The minimum Gasteiger partial charge on any atom is -0.457 e. The van der Waals surface area contributed by atoms with Gasteiger partial charge in [0.25, 0.3) is 0 Å². The molecular weight excluding hydrogens is 476 g/mol. The number of fused-ring (bicyclic) bond motifs is 2. The molecule has 0 bridgehead atoms. The lowest BCUT2D eigenvalue weighted by atomic mass is 9.73. The normalized spacial score (nSPS) is 35.7. The zero-order valence-electron chi connectivity index (χ0n) is 22.4. The van der Waals surface area contributed by atoms with Crippen LogP contribution in [0.2, 0.25) is 0 Å². The highest BCUT2D eigenvalue weighted by Crippen LogP contribution is 2.46. The maximum atomic E-state index is 13.3. The third-order valence-electron chi connectivity index (χ3n) is 8.58. The van der Waals surface area contributed by atoms with E-state index in [0.29, 0.717) is 11.9 Å². The predicted octanol–water partition coefficient (Wildman–Crippen LogP) is 3.28. The highest BCUT2D eigenvalue weighted by molar-refractivity contribution is 5.88. The van der Waals surface area contributed by atoms with Crippen LogP contribution in [-0.2, 0) is 25.8 Å². The Bertz CT molecular complexity index is 1140. The molecule has 3 unspecified atom stereocenters. The number of aliphatic hydroxyl groups is 3. The molecule has 2 saturated heterocycles. The van der Waals surface area contributed by atoms with Gasteiger partial charge in [-0.15, -0.1) is 0 Å². The number of esters is 1. The third-order valence-corrected chi connectivity index (χ3v) is 8.58. The number of aliphatic hydroxyl groups excluding tert-OH is 3. The lowest BCUT2D eigenvalue weighted by molar-refractivity contribution is -0.156. The number of ketones is 1. The van der Waals surface area contributed by atoms with Crippen molar-refractivity contribution in [3.8, 4) is 0 Å². The van der Waals surface area contributed by atoms with Crippen molar-refractivity contribution in [1.29, 1.82) is 0 Å². The van der Waals surface area contributed by atoms with E-state index in [1.807, 2.05) is 32.0 Å². The molecule has 0 amide bonds. The van der Waals surface area contributed by atoms with Crippen molar-refractivity contribution in [2.45, 2.75) is 103 Å². The fourth-order valence-corrected chi connectivity index (χ4v) is 5.61. The fourth-order valence-electron chi connectivity index (χ4n) is 5.61. The number of hydrogen-bond acceptors (Lipinski definition) is 8. The molecule has 3 N–H and O–H groups in total. The number of epoxide rings is 1. The third kappa shape index (κ3) is 5.60. The number of Topliss-reactive ketones (excluding diaryl/α,β-unsaturated/α-hetero) is 1. The van der Waals surface area contributed by atoms with E-state index >= 15 is 0 Å². The first-order valence-electron chi connectivity index (χ1n) is 13.2. The molecule has 1 aromatic carbocycles. The minimum absolute atomic E-state index is 0.0937. The predicted molar refractivity (Wildman–Crippen MR) is 136 cm³/mol. The highest BCUT2D eigenvalue weighted by atomic mass is 16.6.